The minimum atomic E-state index is -0.989. The summed E-state index contributed by atoms with van der Waals surface area (Å²) in [6.45, 7) is 1.94. The van der Waals surface area contributed by atoms with Gasteiger partial charge in [-0.05, 0) is 36.1 Å². The van der Waals surface area contributed by atoms with Crippen LogP contribution in [0.5, 0.6) is 5.75 Å². The fourth-order valence-electron chi connectivity index (χ4n) is 2.72. The highest BCUT2D eigenvalue weighted by Gasteiger charge is 2.08. The van der Waals surface area contributed by atoms with Crippen LogP contribution in [0.3, 0.4) is 0 Å². The molecule has 2 aromatic carbocycles. The third kappa shape index (κ3) is 3.25. The number of aromatic carboxylic acids is 1. The van der Waals surface area contributed by atoms with Gasteiger partial charge in [0.25, 0.3) is 0 Å². The van der Waals surface area contributed by atoms with Crippen LogP contribution in [0, 0.1) is 6.92 Å². The highest BCUT2D eigenvalue weighted by molar-refractivity contribution is 6.01. The third-order valence-electron chi connectivity index (χ3n) is 3.98. The van der Waals surface area contributed by atoms with E-state index < -0.39 is 5.97 Å². The lowest BCUT2D eigenvalue weighted by molar-refractivity contribution is 0.0693. The number of aryl methyl sites for hydroxylation is 1. The molecule has 0 bridgehead atoms. The number of anilines is 1. The molecular weight excluding hydrogens is 330 g/mol. The first-order valence-electron chi connectivity index (χ1n) is 7.89. The van der Waals surface area contributed by atoms with Crippen molar-refractivity contribution in [2.24, 2.45) is 0 Å². The molecule has 0 spiro atoms. The fraction of sp³-hybridized carbons (Fsp3) is 0.0500. The van der Waals surface area contributed by atoms with Crippen molar-refractivity contribution in [1.29, 1.82) is 0 Å². The summed E-state index contributed by atoms with van der Waals surface area (Å²) < 4.78 is 0. The third-order valence-corrected chi connectivity index (χ3v) is 3.98. The molecule has 6 nitrogen and oxygen atoms in total. The van der Waals surface area contributed by atoms with Gasteiger partial charge in [0.2, 0.25) is 0 Å². The monoisotopic (exact) mass is 347 g/mol. The van der Waals surface area contributed by atoms with Gasteiger partial charge in [-0.15, -0.1) is 0 Å². The van der Waals surface area contributed by atoms with Gasteiger partial charge in [0.1, 0.15) is 5.52 Å². The highest BCUT2D eigenvalue weighted by atomic mass is 16.4. The molecule has 0 saturated heterocycles. The number of phenolic OH excluding ortho intramolecular Hbond substituents is 1. The maximum atomic E-state index is 10.8. The Kier molecular flexibility index (Phi) is 4.66. The van der Waals surface area contributed by atoms with Crippen LogP contribution < -0.4 is 5.73 Å². The number of nitrogens with zero attached hydrogens (tertiary/aromatic N) is 2. The van der Waals surface area contributed by atoms with Crippen LogP contribution in [-0.4, -0.2) is 26.2 Å². The molecule has 4 rings (SSSR count). The van der Waals surface area contributed by atoms with Gasteiger partial charge in [0.05, 0.1) is 5.69 Å². The molecule has 0 aliphatic carbocycles. The van der Waals surface area contributed by atoms with Crippen molar-refractivity contribution in [3.63, 3.8) is 0 Å². The van der Waals surface area contributed by atoms with Gasteiger partial charge in [-0.1, -0.05) is 30.3 Å². The largest absolute Gasteiger partial charge is 0.504 e. The van der Waals surface area contributed by atoms with Crippen molar-refractivity contribution in [1.82, 2.24) is 9.97 Å². The van der Waals surface area contributed by atoms with Crippen LogP contribution in [0.15, 0.2) is 60.9 Å². The molecule has 2 heterocycles. The number of phenols is 1. The zero-order chi connectivity index (χ0) is 18.7. The Labute approximate surface area is 149 Å². The van der Waals surface area contributed by atoms with Crippen molar-refractivity contribution in [2.45, 2.75) is 6.92 Å². The van der Waals surface area contributed by atoms with E-state index in [2.05, 4.69) is 9.97 Å². The molecule has 0 amide bonds. The average Bonchev–Trinajstić information content (AvgIpc) is 2.66. The van der Waals surface area contributed by atoms with Crippen LogP contribution in [0.25, 0.3) is 21.7 Å². The Bertz CT molecular complexity index is 1100. The number of benzene rings is 2. The average molecular weight is 347 g/mol. The van der Waals surface area contributed by atoms with Crippen molar-refractivity contribution >= 4 is 33.3 Å². The van der Waals surface area contributed by atoms with Crippen molar-refractivity contribution in [3.8, 4) is 5.75 Å². The first kappa shape index (κ1) is 17.2. The molecule has 2 aromatic heterocycles. The standard InChI is InChI=1S/C10H10N2O.C10H7NO2/c1-6-5-8(11)10(13)9-7(6)3-2-4-12-9;12-10(13)9-8-4-2-1-3-7(8)5-6-11-9/h2-5,13H,11H2,1H3;1-6H,(H,12,13). The second-order valence-corrected chi connectivity index (χ2v) is 5.72. The summed E-state index contributed by atoms with van der Waals surface area (Å²) in [7, 11) is 0. The van der Waals surface area contributed by atoms with Crippen molar-refractivity contribution < 1.29 is 15.0 Å². The predicted octanol–water partition coefficient (Wildman–Crippen LogP) is 3.76. The first-order chi connectivity index (χ1) is 12.5. The minimum absolute atomic E-state index is 0.0706. The van der Waals surface area contributed by atoms with E-state index >= 15 is 0 Å². The summed E-state index contributed by atoms with van der Waals surface area (Å²) in [6.07, 6.45) is 3.15. The number of aromatic hydroxyl groups is 1. The maximum Gasteiger partial charge on any atom is 0.355 e. The molecule has 0 fully saturated rings. The number of aromatic nitrogens is 2. The smallest absolute Gasteiger partial charge is 0.355 e. The summed E-state index contributed by atoms with van der Waals surface area (Å²) in [4.78, 5) is 18.6. The number of carboxylic acid groups (broad SMARTS) is 1. The van der Waals surface area contributed by atoms with E-state index in [0.717, 1.165) is 16.3 Å². The van der Waals surface area contributed by atoms with Gasteiger partial charge in [-0.3, -0.25) is 4.98 Å². The Morgan fingerprint density at radius 3 is 2.50 bits per heavy atom. The summed E-state index contributed by atoms with van der Waals surface area (Å²) in [6, 6.07) is 14.6. The van der Waals surface area contributed by atoms with Gasteiger partial charge in [0.15, 0.2) is 11.4 Å². The summed E-state index contributed by atoms with van der Waals surface area (Å²) in [5.74, 6) is -0.919. The minimum Gasteiger partial charge on any atom is -0.504 e. The van der Waals surface area contributed by atoms with Gasteiger partial charge < -0.3 is 15.9 Å². The Morgan fingerprint density at radius 1 is 1.00 bits per heavy atom. The molecule has 0 atom stereocenters. The number of hydrogen-bond donors (Lipinski definition) is 3. The molecule has 0 unspecified atom stereocenters. The Hall–Kier alpha value is -3.67. The second kappa shape index (κ2) is 7.06. The van der Waals surface area contributed by atoms with Gasteiger partial charge >= 0.3 is 5.97 Å². The summed E-state index contributed by atoms with van der Waals surface area (Å²) in [5, 5.41) is 20.9. The van der Waals surface area contributed by atoms with Crippen LogP contribution >= 0.6 is 0 Å². The van der Waals surface area contributed by atoms with Crippen LogP contribution in [0.4, 0.5) is 5.69 Å². The summed E-state index contributed by atoms with van der Waals surface area (Å²) >= 11 is 0. The zero-order valence-electron chi connectivity index (χ0n) is 14.0. The molecule has 4 aromatic rings. The van der Waals surface area contributed by atoms with E-state index in [1.165, 1.54) is 6.20 Å². The Morgan fingerprint density at radius 2 is 1.73 bits per heavy atom. The van der Waals surface area contributed by atoms with E-state index in [0.29, 0.717) is 16.6 Å². The molecule has 130 valence electrons. The first-order valence-corrected chi connectivity index (χ1v) is 7.89. The lowest BCUT2D eigenvalue weighted by atomic mass is 10.1. The SMILES string of the molecule is Cc1cc(N)c(O)c2ncccc12.O=C(O)c1nccc2ccccc12. The highest BCUT2D eigenvalue weighted by Crippen LogP contribution is 2.31. The normalized spacial score (nSPS) is 10.3. The number of carboxylic acids is 1. The molecule has 4 N–H and O–H groups in total. The van der Waals surface area contributed by atoms with Crippen LogP contribution in [0.1, 0.15) is 16.1 Å². The number of hydrogen-bond acceptors (Lipinski definition) is 5. The second-order valence-electron chi connectivity index (χ2n) is 5.72. The van der Waals surface area contributed by atoms with E-state index in [1.54, 1.807) is 30.5 Å². The van der Waals surface area contributed by atoms with E-state index in [9.17, 15) is 9.90 Å². The molecule has 6 heteroatoms. The predicted molar refractivity (Wildman–Crippen MR) is 101 cm³/mol. The van der Waals surface area contributed by atoms with Gasteiger partial charge in [0, 0.05) is 23.2 Å². The van der Waals surface area contributed by atoms with Crippen LogP contribution in [-0.2, 0) is 0 Å². The molecule has 0 radical (unpaired) electrons. The topological polar surface area (TPSA) is 109 Å². The number of nitrogens with two attached hydrogens (primary N) is 1. The van der Waals surface area contributed by atoms with Crippen molar-refractivity contribution in [3.05, 3.63) is 72.2 Å². The fourth-order valence-corrected chi connectivity index (χ4v) is 2.72. The van der Waals surface area contributed by atoms with E-state index in [1.807, 2.05) is 31.2 Å². The molecule has 0 aliphatic rings. The quantitative estimate of drug-likeness (QED) is 0.357. The number of rotatable bonds is 1. The van der Waals surface area contributed by atoms with E-state index in [-0.39, 0.29) is 11.4 Å². The molecular formula is C20H17N3O3. The van der Waals surface area contributed by atoms with Gasteiger partial charge in [-0.2, -0.15) is 0 Å². The summed E-state index contributed by atoms with van der Waals surface area (Å²) in [5.41, 5.74) is 7.68. The molecule has 0 aliphatic heterocycles. The maximum absolute atomic E-state index is 10.8. The zero-order valence-corrected chi connectivity index (χ0v) is 14.0. The lowest BCUT2D eigenvalue weighted by Crippen LogP contribution is -2.00. The Balaban J connectivity index is 0.000000151. The molecule has 0 saturated carbocycles. The number of carbonyl (C=O) groups is 1. The number of nitrogen functional groups attached to an aromatic ring is 1. The van der Waals surface area contributed by atoms with Crippen LogP contribution in [0.2, 0.25) is 0 Å². The van der Waals surface area contributed by atoms with Gasteiger partial charge in [-0.25, -0.2) is 9.78 Å². The van der Waals surface area contributed by atoms with E-state index in [4.69, 9.17) is 10.8 Å². The van der Waals surface area contributed by atoms with Crippen molar-refractivity contribution in [2.75, 3.05) is 5.73 Å². The number of fused-ring (bicyclic) bond motifs is 2. The lowest BCUT2D eigenvalue weighted by Gasteiger charge is -2.05. The number of pyridine rings is 2. The molecule has 26 heavy (non-hydrogen) atoms.